The van der Waals surface area contributed by atoms with Crippen molar-refractivity contribution < 1.29 is 9.90 Å². The molecule has 1 spiro atoms. The highest BCUT2D eigenvalue weighted by Gasteiger charge is 2.53. The number of benzene rings is 1. The van der Waals surface area contributed by atoms with Crippen molar-refractivity contribution in [1.82, 2.24) is 4.90 Å². The Morgan fingerprint density at radius 2 is 1.84 bits per heavy atom. The number of amides is 1. The fourth-order valence-corrected chi connectivity index (χ4v) is 5.06. The maximum absolute atomic E-state index is 12.6. The molecule has 1 N–H and O–H groups in total. The standard InChI is InChI=1S/C22H33NO2/c1-5-18(13-24)21(25)23-14-22(17(23)4)8-6-19(7-9-22)20-11-15(2)10-16(3)12-20/h10-12,17-19,24H,5-9,13-14H2,1-4H3/t17-,18+,19?,22?/m0/s1. The second kappa shape index (κ2) is 7.11. The molecule has 0 aromatic heterocycles. The van der Waals surface area contributed by atoms with Crippen LogP contribution in [0.5, 0.6) is 0 Å². The van der Waals surface area contributed by atoms with E-state index in [1.807, 2.05) is 11.8 Å². The molecule has 2 atom stereocenters. The number of aryl methyl sites for hydroxylation is 2. The van der Waals surface area contributed by atoms with Gasteiger partial charge in [0.05, 0.1) is 12.5 Å². The average molecular weight is 344 g/mol. The van der Waals surface area contributed by atoms with Crippen LogP contribution >= 0.6 is 0 Å². The first-order valence-electron chi connectivity index (χ1n) is 9.89. The van der Waals surface area contributed by atoms with Crippen molar-refractivity contribution in [3.63, 3.8) is 0 Å². The van der Waals surface area contributed by atoms with E-state index in [1.54, 1.807) is 0 Å². The van der Waals surface area contributed by atoms with Crippen molar-refractivity contribution in [2.45, 2.75) is 71.8 Å². The first-order chi connectivity index (χ1) is 11.9. The van der Waals surface area contributed by atoms with Gasteiger partial charge < -0.3 is 10.0 Å². The van der Waals surface area contributed by atoms with Gasteiger partial charge in [0.25, 0.3) is 0 Å². The Kier molecular flexibility index (Phi) is 5.24. The van der Waals surface area contributed by atoms with Gasteiger partial charge in [0.1, 0.15) is 0 Å². The second-order valence-corrected chi connectivity index (χ2v) is 8.49. The SMILES string of the molecule is CC[C@H](CO)C(=O)N1CC2(CCC(c3cc(C)cc(C)c3)CC2)[C@@H]1C. The van der Waals surface area contributed by atoms with E-state index in [-0.39, 0.29) is 18.4 Å². The predicted molar refractivity (Wildman–Crippen MR) is 102 cm³/mol. The Labute approximate surface area is 152 Å². The third-order valence-corrected chi connectivity index (χ3v) is 6.88. The summed E-state index contributed by atoms with van der Waals surface area (Å²) in [6.07, 6.45) is 5.61. The molecule has 1 saturated heterocycles. The minimum absolute atomic E-state index is 0.0274. The molecule has 3 rings (SSSR count). The molecule has 1 aromatic carbocycles. The first-order valence-corrected chi connectivity index (χ1v) is 9.89. The van der Waals surface area contributed by atoms with Gasteiger partial charge in [-0.2, -0.15) is 0 Å². The lowest BCUT2D eigenvalue weighted by Gasteiger charge is -2.59. The van der Waals surface area contributed by atoms with Gasteiger partial charge in [-0.1, -0.05) is 36.2 Å². The number of carbonyl (C=O) groups excluding carboxylic acids is 1. The van der Waals surface area contributed by atoms with Crippen LogP contribution < -0.4 is 0 Å². The number of likely N-dealkylation sites (tertiary alicyclic amines) is 1. The van der Waals surface area contributed by atoms with E-state index >= 15 is 0 Å². The molecule has 2 fully saturated rings. The average Bonchev–Trinajstić information content (AvgIpc) is 2.60. The van der Waals surface area contributed by atoms with Crippen molar-refractivity contribution in [2.24, 2.45) is 11.3 Å². The van der Waals surface area contributed by atoms with Gasteiger partial charge in [0.2, 0.25) is 5.91 Å². The molecule has 1 amide bonds. The number of aliphatic hydroxyl groups is 1. The highest BCUT2D eigenvalue weighted by Crippen LogP contribution is 2.52. The van der Waals surface area contributed by atoms with E-state index in [0.29, 0.717) is 17.4 Å². The summed E-state index contributed by atoms with van der Waals surface area (Å²) in [7, 11) is 0. The molecule has 1 heterocycles. The Balaban J connectivity index is 1.62. The van der Waals surface area contributed by atoms with Crippen molar-refractivity contribution in [2.75, 3.05) is 13.2 Å². The van der Waals surface area contributed by atoms with Gasteiger partial charge in [0, 0.05) is 18.0 Å². The van der Waals surface area contributed by atoms with Gasteiger partial charge in [0.15, 0.2) is 0 Å². The van der Waals surface area contributed by atoms with Crippen LogP contribution in [0, 0.1) is 25.2 Å². The zero-order valence-electron chi connectivity index (χ0n) is 16.2. The Bertz CT molecular complexity index is 607. The zero-order valence-corrected chi connectivity index (χ0v) is 16.2. The summed E-state index contributed by atoms with van der Waals surface area (Å²) in [5.41, 5.74) is 4.54. The first kappa shape index (κ1) is 18.4. The maximum Gasteiger partial charge on any atom is 0.228 e. The lowest BCUT2D eigenvalue weighted by atomic mass is 9.60. The quantitative estimate of drug-likeness (QED) is 0.890. The molecule has 1 aliphatic carbocycles. The molecular weight excluding hydrogens is 310 g/mol. The fourth-order valence-electron chi connectivity index (χ4n) is 5.06. The molecule has 1 saturated carbocycles. The van der Waals surface area contributed by atoms with E-state index in [2.05, 4.69) is 39.0 Å². The van der Waals surface area contributed by atoms with Crippen molar-refractivity contribution in [3.8, 4) is 0 Å². The zero-order chi connectivity index (χ0) is 18.2. The van der Waals surface area contributed by atoms with Gasteiger partial charge in [-0.05, 0) is 64.4 Å². The smallest absolute Gasteiger partial charge is 0.228 e. The molecular formula is C22H33NO2. The monoisotopic (exact) mass is 343 g/mol. The van der Waals surface area contributed by atoms with E-state index in [0.717, 1.165) is 13.0 Å². The number of aliphatic hydroxyl groups excluding tert-OH is 1. The van der Waals surface area contributed by atoms with Gasteiger partial charge in [-0.15, -0.1) is 0 Å². The largest absolute Gasteiger partial charge is 0.396 e. The topological polar surface area (TPSA) is 40.5 Å². The van der Waals surface area contributed by atoms with Crippen LogP contribution in [-0.4, -0.2) is 35.1 Å². The lowest BCUT2D eigenvalue weighted by molar-refractivity contribution is -0.163. The highest BCUT2D eigenvalue weighted by molar-refractivity contribution is 5.80. The van der Waals surface area contributed by atoms with Crippen LogP contribution in [0.2, 0.25) is 0 Å². The van der Waals surface area contributed by atoms with E-state index in [4.69, 9.17) is 0 Å². The molecule has 25 heavy (non-hydrogen) atoms. The molecule has 0 bridgehead atoms. The third-order valence-electron chi connectivity index (χ3n) is 6.88. The number of nitrogens with zero attached hydrogens (tertiary/aromatic N) is 1. The highest BCUT2D eigenvalue weighted by atomic mass is 16.3. The van der Waals surface area contributed by atoms with Gasteiger partial charge >= 0.3 is 0 Å². The third kappa shape index (κ3) is 3.36. The molecule has 3 nitrogen and oxygen atoms in total. The van der Waals surface area contributed by atoms with Crippen molar-refractivity contribution in [3.05, 3.63) is 34.9 Å². The van der Waals surface area contributed by atoms with Crippen LogP contribution in [0.15, 0.2) is 18.2 Å². The van der Waals surface area contributed by atoms with E-state index in [9.17, 15) is 9.90 Å². The van der Waals surface area contributed by atoms with Crippen LogP contribution in [0.3, 0.4) is 0 Å². The summed E-state index contributed by atoms with van der Waals surface area (Å²) in [5.74, 6) is 0.605. The van der Waals surface area contributed by atoms with Crippen molar-refractivity contribution in [1.29, 1.82) is 0 Å². The summed E-state index contributed by atoms with van der Waals surface area (Å²) >= 11 is 0. The van der Waals surface area contributed by atoms with E-state index in [1.165, 1.54) is 42.4 Å². The van der Waals surface area contributed by atoms with Gasteiger partial charge in [-0.25, -0.2) is 0 Å². The van der Waals surface area contributed by atoms with Crippen LogP contribution in [0.1, 0.15) is 68.6 Å². The summed E-state index contributed by atoms with van der Waals surface area (Å²) < 4.78 is 0. The van der Waals surface area contributed by atoms with Crippen LogP contribution in [-0.2, 0) is 4.79 Å². The minimum Gasteiger partial charge on any atom is -0.396 e. The van der Waals surface area contributed by atoms with Crippen LogP contribution in [0.25, 0.3) is 0 Å². The Hall–Kier alpha value is -1.35. The fraction of sp³-hybridized carbons (Fsp3) is 0.682. The summed E-state index contributed by atoms with van der Waals surface area (Å²) in [6, 6.07) is 7.27. The molecule has 1 aliphatic heterocycles. The van der Waals surface area contributed by atoms with Gasteiger partial charge in [-0.3, -0.25) is 4.79 Å². The Morgan fingerprint density at radius 3 is 2.32 bits per heavy atom. The molecule has 138 valence electrons. The molecule has 3 heteroatoms. The Morgan fingerprint density at radius 1 is 1.24 bits per heavy atom. The van der Waals surface area contributed by atoms with E-state index < -0.39 is 0 Å². The number of rotatable bonds is 4. The molecule has 2 aliphatic rings. The second-order valence-electron chi connectivity index (χ2n) is 8.49. The molecule has 0 radical (unpaired) electrons. The molecule has 1 aromatic rings. The maximum atomic E-state index is 12.6. The summed E-state index contributed by atoms with van der Waals surface area (Å²) in [6.45, 7) is 9.42. The number of hydrogen-bond donors (Lipinski definition) is 1. The lowest BCUT2D eigenvalue weighted by Crippen LogP contribution is -2.66. The van der Waals surface area contributed by atoms with Crippen LogP contribution in [0.4, 0.5) is 0 Å². The number of carbonyl (C=O) groups is 1. The van der Waals surface area contributed by atoms with Crippen molar-refractivity contribution >= 4 is 5.91 Å². The summed E-state index contributed by atoms with van der Waals surface area (Å²) in [4.78, 5) is 14.6. The molecule has 0 unspecified atom stereocenters. The normalized spacial score (nSPS) is 30.2. The summed E-state index contributed by atoms with van der Waals surface area (Å²) in [5, 5.41) is 9.41. The minimum atomic E-state index is -0.216. The predicted octanol–water partition coefficient (Wildman–Crippen LogP) is 4.20. The number of hydrogen-bond acceptors (Lipinski definition) is 2.